The number of piperidine rings is 1. The summed E-state index contributed by atoms with van der Waals surface area (Å²) < 4.78 is 17.6. The highest BCUT2D eigenvalue weighted by atomic mass is 19.1. The molecule has 174 valence electrons. The summed E-state index contributed by atoms with van der Waals surface area (Å²) in [6.45, 7) is 8.91. The molecule has 0 radical (unpaired) electrons. The van der Waals surface area contributed by atoms with Gasteiger partial charge < -0.3 is 20.1 Å². The third kappa shape index (κ3) is 4.47. The fraction of sp³-hybridized carbons (Fsp3) is 0.500. The number of fused-ring (bicyclic) bond motifs is 2. The summed E-state index contributed by atoms with van der Waals surface area (Å²) in [6, 6.07) is 3.78. The third-order valence-electron chi connectivity index (χ3n) is 6.52. The van der Waals surface area contributed by atoms with Gasteiger partial charge in [-0.3, -0.25) is 9.78 Å². The zero-order valence-electron chi connectivity index (χ0n) is 19.1. The minimum Gasteiger partial charge on any atom is -0.326 e. The van der Waals surface area contributed by atoms with Crippen LogP contribution in [0.3, 0.4) is 0 Å². The molecule has 3 aromatic rings. The molecular weight excluding hydrogens is 421 g/mol. The Bertz CT molecular complexity index is 1170. The van der Waals surface area contributed by atoms with Gasteiger partial charge in [0.25, 0.3) is 5.91 Å². The van der Waals surface area contributed by atoms with Crippen molar-refractivity contribution in [3.05, 3.63) is 36.5 Å². The van der Waals surface area contributed by atoms with Crippen LogP contribution in [0.5, 0.6) is 0 Å². The lowest BCUT2D eigenvalue weighted by atomic mass is 9.92. The molecule has 2 aliphatic heterocycles. The number of imidazole rings is 1. The number of nitrogens with zero attached hydrogens (tertiary/aromatic N) is 5. The van der Waals surface area contributed by atoms with Crippen LogP contribution in [0.2, 0.25) is 0 Å². The van der Waals surface area contributed by atoms with Crippen LogP contribution in [0, 0.1) is 5.92 Å². The number of hydrogen-bond donors (Lipinski definition) is 2. The van der Waals surface area contributed by atoms with E-state index in [4.69, 9.17) is 0 Å². The lowest BCUT2D eigenvalue weighted by Crippen LogP contribution is -2.49. The summed E-state index contributed by atoms with van der Waals surface area (Å²) in [5.74, 6) is 1.26. The second-order valence-electron chi connectivity index (χ2n) is 9.49. The summed E-state index contributed by atoms with van der Waals surface area (Å²) in [5.41, 5.74) is 0.814. The first-order chi connectivity index (χ1) is 15.9. The van der Waals surface area contributed by atoms with Crippen molar-refractivity contribution in [3.63, 3.8) is 0 Å². The van der Waals surface area contributed by atoms with Gasteiger partial charge in [0.2, 0.25) is 0 Å². The van der Waals surface area contributed by atoms with Crippen molar-refractivity contribution in [1.29, 1.82) is 0 Å². The number of nitrogens with one attached hydrogen (secondary N) is 2. The third-order valence-corrected chi connectivity index (χ3v) is 6.52. The molecule has 0 aromatic carbocycles. The number of aromatic nitrogens is 4. The molecule has 33 heavy (non-hydrogen) atoms. The number of amides is 1. The molecule has 0 aliphatic carbocycles. The fourth-order valence-corrected chi connectivity index (χ4v) is 4.73. The van der Waals surface area contributed by atoms with E-state index in [1.54, 1.807) is 12.3 Å². The maximum atomic E-state index is 15.4. The molecule has 2 N–H and O–H groups in total. The second kappa shape index (κ2) is 8.79. The number of carbonyl (C=O) groups is 1. The van der Waals surface area contributed by atoms with Gasteiger partial charge in [-0.25, -0.2) is 14.4 Å². The first kappa shape index (κ1) is 21.9. The molecule has 0 spiro atoms. The SMILES string of the molecule is CC(C)CN1CCC(F)(C(=O)Nc2cc3cc(-c4cnc5n4CCNC5)cnc3cn2)CC1. The number of alkyl halides is 1. The van der Waals surface area contributed by atoms with E-state index in [-0.39, 0.29) is 12.8 Å². The number of pyridine rings is 2. The van der Waals surface area contributed by atoms with Gasteiger partial charge in [-0.05, 0) is 18.1 Å². The maximum Gasteiger partial charge on any atom is 0.263 e. The van der Waals surface area contributed by atoms with Crippen LogP contribution in [0.4, 0.5) is 10.2 Å². The normalized spacial score (nSPS) is 18.4. The Morgan fingerprint density at radius 3 is 2.76 bits per heavy atom. The predicted octanol–water partition coefficient (Wildman–Crippen LogP) is 3.00. The van der Waals surface area contributed by atoms with Crippen LogP contribution in [0.15, 0.2) is 30.7 Å². The van der Waals surface area contributed by atoms with Crippen molar-refractivity contribution < 1.29 is 9.18 Å². The summed E-state index contributed by atoms with van der Waals surface area (Å²) in [4.78, 5) is 28.3. The maximum absolute atomic E-state index is 15.4. The minimum atomic E-state index is -1.87. The van der Waals surface area contributed by atoms with E-state index >= 15 is 4.39 Å². The summed E-state index contributed by atoms with van der Waals surface area (Å²) >= 11 is 0. The zero-order chi connectivity index (χ0) is 23.0. The van der Waals surface area contributed by atoms with E-state index in [9.17, 15) is 4.79 Å². The van der Waals surface area contributed by atoms with E-state index < -0.39 is 11.6 Å². The summed E-state index contributed by atoms with van der Waals surface area (Å²) in [7, 11) is 0. The fourth-order valence-electron chi connectivity index (χ4n) is 4.73. The molecule has 1 saturated heterocycles. The van der Waals surface area contributed by atoms with E-state index in [0.717, 1.165) is 48.6 Å². The van der Waals surface area contributed by atoms with Gasteiger partial charge in [0.15, 0.2) is 5.67 Å². The van der Waals surface area contributed by atoms with E-state index in [1.807, 2.05) is 18.5 Å². The lowest BCUT2D eigenvalue weighted by Gasteiger charge is -2.36. The van der Waals surface area contributed by atoms with E-state index in [0.29, 0.717) is 30.3 Å². The summed E-state index contributed by atoms with van der Waals surface area (Å²) in [6.07, 6.45) is 5.70. The van der Waals surface area contributed by atoms with Crippen LogP contribution in [0.1, 0.15) is 32.5 Å². The molecule has 9 heteroatoms. The van der Waals surface area contributed by atoms with E-state index in [1.165, 1.54) is 0 Å². The van der Waals surface area contributed by atoms with Gasteiger partial charge in [0, 0.05) is 62.7 Å². The quantitative estimate of drug-likeness (QED) is 0.620. The highest BCUT2D eigenvalue weighted by Crippen LogP contribution is 2.30. The molecule has 0 atom stereocenters. The smallest absolute Gasteiger partial charge is 0.263 e. The van der Waals surface area contributed by atoms with Crippen molar-refractivity contribution in [2.75, 3.05) is 31.5 Å². The van der Waals surface area contributed by atoms with Crippen molar-refractivity contribution in [2.45, 2.75) is 45.4 Å². The van der Waals surface area contributed by atoms with Crippen LogP contribution in [-0.4, -0.2) is 62.2 Å². The molecule has 8 nitrogen and oxygen atoms in total. The van der Waals surface area contributed by atoms with Gasteiger partial charge in [-0.1, -0.05) is 13.8 Å². The Hall–Kier alpha value is -2.91. The van der Waals surface area contributed by atoms with Crippen molar-refractivity contribution in [2.24, 2.45) is 5.92 Å². The number of anilines is 1. The van der Waals surface area contributed by atoms with Crippen LogP contribution in [0.25, 0.3) is 22.2 Å². The highest BCUT2D eigenvalue weighted by molar-refractivity contribution is 5.98. The largest absolute Gasteiger partial charge is 0.326 e. The first-order valence-corrected chi connectivity index (χ1v) is 11.7. The number of halogens is 1. The second-order valence-corrected chi connectivity index (χ2v) is 9.49. The van der Waals surface area contributed by atoms with Gasteiger partial charge in [0.05, 0.1) is 30.1 Å². The predicted molar refractivity (Wildman–Crippen MR) is 125 cm³/mol. The van der Waals surface area contributed by atoms with Gasteiger partial charge in [-0.2, -0.15) is 0 Å². The molecule has 1 fully saturated rings. The Kier molecular flexibility index (Phi) is 5.84. The number of carbonyl (C=O) groups excluding carboxylic acids is 1. The lowest BCUT2D eigenvalue weighted by molar-refractivity contribution is -0.130. The van der Waals surface area contributed by atoms with Crippen molar-refractivity contribution >= 4 is 22.6 Å². The van der Waals surface area contributed by atoms with Crippen molar-refractivity contribution in [1.82, 2.24) is 29.7 Å². The molecule has 2 aliphatic rings. The average molecular weight is 452 g/mol. The molecule has 5 rings (SSSR count). The van der Waals surface area contributed by atoms with Crippen LogP contribution >= 0.6 is 0 Å². The molecule has 3 aromatic heterocycles. The number of rotatable bonds is 5. The average Bonchev–Trinajstić information content (AvgIpc) is 3.24. The Balaban J connectivity index is 1.33. The van der Waals surface area contributed by atoms with Gasteiger partial charge >= 0.3 is 0 Å². The molecule has 1 amide bonds. The van der Waals surface area contributed by atoms with Crippen LogP contribution < -0.4 is 10.6 Å². The monoisotopic (exact) mass is 451 g/mol. The Morgan fingerprint density at radius 1 is 1.15 bits per heavy atom. The van der Waals surface area contributed by atoms with Crippen LogP contribution in [-0.2, 0) is 17.9 Å². The topological polar surface area (TPSA) is 88.0 Å². The Morgan fingerprint density at radius 2 is 1.97 bits per heavy atom. The molecular formula is C24H30FN7O. The van der Waals surface area contributed by atoms with Gasteiger partial charge in [-0.15, -0.1) is 0 Å². The number of hydrogen-bond acceptors (Lipinski definition) is 6. The Labute approximate surface area is 192 Å². The molecule has 5 heterocycles. The molecule has 0 saturated carbocycles. The van der Waals surface area contributed by atoms with Gasteiger partial charge in [0.1, 0.15) is 11.6 Å². The van der Waals surface area contributed by atoms with E-state index in [2.05, 4.69) is 48.9 Å². The molecule has 0 unspecified atom stereocenters. The zero-order valence-corrected chi connectivity index (χ0v) is 19.1. The minimum absolute atomic E-state index is 0.200. The standard InChI is InChI=1S/C24H30FN7O/c1-16(2)15-31-6-3-24(25,4-7-31)23(33)30-21-10-17-9-18(11-27-19(17)12-28-21)20-13-29-22-14-26-5-8-32(20)22/h9-13,16,26H,3-8,14-15H2,1-2H3,(H,28,30,33). The summed E-state index contributed by atoms with van der Waals surface area (Å²) in [5, 5.41) is 6.86. The van der Waals surface area contributed by atoms with Crippen molar-refractivity contribution in [3.8, 4) is 11.3 Å². The first-order valence-electron chi connectivity index (χ1n) is 11.7. The molecule has 0 bridgehead atoms. The highest BCUT2D eigenvalue weighted by Gasteiger charge is 2.41. The number of likely N-dealkylation sites (tertiary alicyclic amines) is 1.